The van der Waals surface area contributed by atoms with Gasteiger partial charge >= 0.3 is 5.97 Å². The molecule has 2 atom stereocenters. The molecule has 0 spiro atoms. The van der Waals surface area contributed by atoms with Gasteiger partial charge in [0.2, 0.25) is 10.0 Å². The van der Waals surface area contributed by atoms with Crippen LogP contribution in [0.2, 0.25) is 0 Å². The number of hydrogen-bond acceptors (Lipinski definition) is 5. The number of nitrogens with zero attached hydrogens (tertiary/aromatic N) is 1. The van der Waals surface area contributed by atoms with Crippen LogP contribution in [-0.4, -0.2) is 51.0 Å². The fourth-order valence-electron chi connectivity index (χ4n) is 3.77. The second-order valence-corrected chi connectivity index (χ2v) is 8.76. The zero-order valence-corrected chi connectivity index (χ0v) is 14.9. The summed E-state index contributed by atoms with van der Waals surface area (Å²) in [6.07, 6.45) is 4.01. The van der Waals surface area contributed by atoms with Gasteiger partial charge in [-0.25, -0.2) is 17.5 Å². The highest BCUT2D eigenvalue weighted by Crippen LogP contribution is 2.30. The zero-order valence-electron chi connectivity index (χ0n) is 14.1. The van der Waals surface area contributed by atoms with Gasteiger partial charge in [-0.3, -0.25) is 0 Å². The summed E-state index contributed by atoms with van der Waals surface area (Å²) in [4.78, 5) is 11.6. The molecule has 3 rings (SSSR count). The molecule has 0 saturated carbocycles. The average Bonchev–Trinajstić information content (AvgIpc) is 2.91. The summed E-state index contributed by atoms with van der Waals surface area (Å²) in [5.74, 6) is -0.564. The maximum Gasteiger partial charge on any atom is 0.337 e. The number of rotatable bonds is 5. The predicted molar refractivity (Wildman–Crippen MR) is 91.1 cm³/mol. The normalized spacial score (nSPS) is 26.5. The standard InChI is InChI=1S/C17H24N2O4S/c1-19(16-9-14-6-7-15(10-16)18-14)24(21,22)11-12-4-3-5-13(8-12)17(20)23-2/h3-5,8,14-16,18H,6-7,9-11H2,1-2H3. The lowest BCUT2D eigenvalue weighted by Crippen LogP contribution is -2.48. The van der Waals surface area contributed by atoms with Crippen LogP contribution in [0.3, 0.4) is 0 Å². The van der Waals surface area contributed by atoms with E-state index in [1.807, 2.05) is 0 Å². The zero-order chi connectivity index (χ0) is 17.3. The Hall–Kier alpha value is -1.44. The molecule has 1 N–H and O–H groups in total. The summed E-state index contributed by atoms with van der Waals surface area (Å²) in [7, 11) is -0.442. The number of nitrogens with one attached hydrogen (secondary N) is 1. The SMILES string of the molecule is COC(=O)c1cccc(CS(=O)(=O)N(C)C2CC3CCC(C2)N3)c1. The molecule has 2 unspecified atom stereocenters. The van der Waals surface area contributed by atoms with E-state index in [2.05, 4.69) is 10.1 Å². The first-order valence-corrected chi connectivity index (χ1v) is 9.89. The second kappa shape index (κ2) is 6.82. The average molecular weight is 352 g/mol. The lowest BCUT2D eigenvalue weighted by Gasteiger charge is -2.34. The lowest BCUT2D eigenvalue weighted by atomic mass is 10.0. The van der Waals surface area contributed by atoms with Crippen molar-refractivity contribution in [1.29, 1.82) is 0 Å². The smallest absolute Gasteiger partial charge is 0.337 e. The highest BCUT2D eigenvalue weighted by Gasteiger charge is 2.38. The van der Waals surface area contributed by atoms with E-state index in [-0.39, 0.29) is 11.8 Å². The van der Waals surface area contributed by atoms with Gasteiger partial charge in [0.25, 0.3) is 0 Å². The van der Waals surface area contributed by atoms with E-state index in [9.17, 15) is 13.2 Å². The van der Waals surface area contributed by atoms with Crippen LogP contribution in [0.15, 0.2) is 24.3 Å². The van der Waals surface area contributed by atoms with Crippen molar-refractivity contribution in [2.24, 2.45) is 0 Å². The molecule has 0 aromatic heterocycles. The molecule has 2 fully saturated rings. The number of sulfonamides is 1. The number of hydrogen-bond donors (Lipinski definition) is 1. The number of esters is 1. The Morgan fingerprint density at radius 2 is 1.96 bits per heavy atom. The molecule has 2 aliphatic rings. The first kappa shape index (κ1) is 17.4. The topological polar surface area (TPSA) is 75.7 Å². The summed E-state index contributed by atoms with van der Waals surface area (Å²) in [6.45, 7) is 0. The molecular weight excluding hydrogens is 328 g/mol. The van der Waals surface area contributed by atoms with Crippen molar-refractivity contribution in [1.82, 2.24) is 9.62 Å². The van der Waals surface area contributed by atoms with Gasteiger partial charge < -0.3 is 10.1 Å². The molecular formula is C17H24N2O4S. The highest BCUT2D eigenvalue weighted by molar-refractivity contribution is 7.88. The first-order valence-electron chi connectivity index (χ1n) is 8.28. The predicted octanol–water partition coefficient (Wildman–Crippen LogP) is 1.52. The van der Waals surface area contributed by atoms with Gasteiger partial charge in [0, 0.05) is 25.2 Å². The van der Waals surface area contributed by atoms with E-state index in [0.717, 1.165) is 25.7 Å². The van der Waals surface area contributed by atoms with E-state index in [0.29, 0.717) is 23.2 Å². The van der Waals surface area contributed by atoms with E-state index >= 15 is 0 Å². The number of carbonyl (C=O) groups is 1. The van der Waals surface area contributed by atoms with Crippen molar-refractivity contribution in [3.05, 3.63) is 35.4 Å². The number of carbonyl (C=O) groups excluding carboxylic acids is 1. The molecule has 7 heteroatoms. The molecule has 2 heterocycles. The van der Waals surface area contributed by atoms with Crippen molar-refractivity contribution < 1.29 is 17.9 Å². The monoisotopic (exact) mass is 352 g/mol. The van der Waals surface area contributed by atoms with E-state index in [4.69, 9.17) is 0 Å². The van der Waals surface area contributed by atoms with Crippen LogP contribution >= 0.6 is 0 Å². The number of piperidine rings is 1. The molecule has 0 radical (unpaired) electrons. The lowest BCUT2D eigenvalue weighted by molar-refractivity contribution is 0.0600. The maximum absolute atomic E-state index is 12.8. The van der Waals surface area contributed by atoms with Crippen LogP contribution in [0.4, 0.5) is 0 Å². The number of ether oxygens (including phenoxy) is 1. The minimum absolute atomic E-state index is 0.0533. The van der Waals surface area contributed by atoms with Gasteiger partial charge in [0.05, 0.1) is 18.4 Å². The Bertz CT molecular complexity index is 707. The Kier molecular flexibility index (Phi) is 4.94. The van der Waals surface area contributed by atoms with Crippen LogP contribution in [0.1, 0.15) is 41.6 Å². The molecule has 2 bridgehead atoms. The Labute approximate surface area is 143 Å². The van der Waals surface area contributed by atoms with E-state index in [1.165, 1.54) is 11.4 Å². The van der Waals surface area contributed by atoms with Gasteiger partial charge in [-0.2, -0.15) is 0 Å². The molecule has 1 aromatic carbocycles. The molecule has 132 valence electrons. The van der Waals surface area contributed by atoms with Gasteiger partial charge in [-0.05, 0) is 43.4 Å². The molecule has 0 amide bonds. The molecule has 6 nitrogen and oxygen atoms in total. The van der Waals surface area contributed by atoms with E-state index in [1.54, 1.807) is 31.3 Å². The number of benzene rings is 1. The van der Waals surface area contributed by atoms with Crippen LogP contribution in [-0.2, 0) is 20.5 Å². The quantitative estimate of drug-likeness (QED) is 0.813. The highest BCUT2D eigenvalue weighted by atomic mass is 32.2. The minimum Gasteiger partial charge on any atom is -0.465 e. The summed E-state index contributed by atoms with van der Waals surface area (Å²) >= 11 is 0. The van der Waals surface area contributed by atoms with Crippen molar-refractivity contribution >= 4 is 16.0 Å². The third kappa shape index (κ3) is 3.63. The van der Waals surface area contributed by atoms with Crippen molar-refractivity contribution in [3.8, 4) is 0 Å². The van der Waals surface area contributed by atoms with Crippen molar-refractivity contribution in [3.63, 3.8) is 0 Å². The second-order valence-electron chi connectivity index (χ2n) is 6.73. The fraction of sp³-hybridized carbons (Fsp3) is 0.588. The van der Waals surface area contributed by atoms with Crippen molar-refractivity contribution in [2.45, 2.75) is 49.6 Å². The molecule has 2 saturated heterocycles. The Morgan fingerprint density at radius 1 is 1.29 bits per heavy atom. The van der Waals surface area contributed by atoms with Gasteiger partial charge in [-0.1, -0.05) is 12.1 Å². The third-order valence-corrected chi connectivity index (χ3v) is 6.97. The largest absolute Gasteiger partial charge is 0.465 e. The van der Waals surface area contributed by atoms with Crippen molar-refractivity contribution in [2.75, 3.05) is 14.2 Å². The van der Waals surface area contributed by atoms with Crippen LogP contribution in [0, 0.1) is 0 Å². The number of fused-ring (bicyclic) bond motifs is 2. The summed E-state index contributed by atoms with van der Waals surface area (Å²) in [5, 5.41) is 3.53. The van der Waals surface area contributed by atoms with Gasteiger partial charge in [0.15, 0.2) is 0 Å². The first-order chi connectivity index (χ1) is 11.4. The van der Waals surface area contributed by atoms with Crippen LogP contribution < -0.4 is 5.32 Å². The van der Waals surface area contributed by atoms with Gasteiger partial charge in [-0.15, -0.1) is 0 Å². The maximum atomic E-state index is 12.8. The molecule has 24 heavy (non-hydrogen) atoms. The Morgan fingerprint density at radius 3 is 2.58 bits per heavy atom. The van der Waals surface area contributed by atoms with Crippen LogP contribution in [0.5, 0.6) is 0 Å². The summed E-state index contributed by atoms with van der Waals surface area (Å²) < 4.78 is 31.8. The fourth-order valence-corrected chi connectivity index (χ4v) is 5.20. The summed E-state index contributed by atoms with van der Waals surface area (Å²) in [5.41, 5.74) is 0.967. The molecule has 2 aliphatic heterocycles. The minimum atomic E-state index is -3.43. The third-order valence-electron chi connectivity index (χ3n) is 5.10. The van der Waals surface area contributed by atoms with Crippen LogP contribution in [0.25, 0.3) is 0 Å². The number of methoxy groups -OCH3 is 1. The molecule has 1 aromatic rings. The van der Waals surface area contributed by atoms with E-state index < -0.39 is 16.0 Å². The molecule has 0 aliphatic carbocycles. The summed E-state index contributed by atoms with van der Waals surface area (Å²) in [6, 6.07) is 7.55. The van der Waals surface area contributed by atoms with Gasteiger partial charge in [0.1, 0.15) is 0 Å². The Balaban J connectivity index is 1.72.